The van der Waals surface area contributed by atoms with Crippen LogP contribution in [0.1, 0.15) is 15.9 Å². The highest BCUT2D eigenvalue weighted by molar-refractivity contribution is 5.93. The van der Waals surface area contributed by atoms with Gasteiger partial charge < -0.3 is 15.4 Å². The molecule has 0 saturated carbocycles. The first-order valence-corrected chi connectivity index (χ1v) is 5.40. The van der Waals surface area contributed by atoms with Gasteiger partial charge in [-0.3, -0.25) is 9.59 Å². The molecule has 0 unspecified atom stereocenters. The number of benzene rings is 1. The van der Waals surface area contributed by atoms with Crippen LogP contribution in [-0.4, -0.2) is 16.0 Å². The first-order valence-electron chi connectivity index (χ1n) is 5.40. The Morgan fingerprint density at radius 3 is 2.61 bits per heavy atom. The van der Waals surface area contributed by atoms with Gasteiger partial charge in [0.2, 0.25) is 0 Å². The van der Waals surface area contributed by atoms with Crippen LogP contribution in [0.4, 0.5) is 0 Å². The molecule has 1 aromatic heterocycles. The van der Waals surface area contributed by atoms with E-state index >= 15 is 0 Å². The SMILES string of the molecule is O=C(NCc1ccc(O)cc1)c1ccc[nH]c1=O. The summed E-state index contributed by atoms with van der Waals surface area (Å²) in [5, 5.41) is 11.8. The number of pyridine rings is 1. The van der Waals surface area contributed by atoms with Crippen LogP contribution >= 0.6 is 0 Å². The Morgan fingerprint density at radius 2 is 1.94 bits per heavy atom. The molecule has 0 atom stereocenters. The van der Waals surface area contributed by atoms with Crippen molar-refractivity contribution in [3.05, 3.63) is 64.1 Å². The Bertz CT molecular complexity index is 602. The molecule has 5 heteroatoms. The number of nitrogens with one attached hydrogen (secondary N) is 2. The number of phenolic OH excluding ortho intramolecular Hbond substituents is 1. The van der Waals surface area contributed by atoms with E-state index in [1.54, 1.807) is 18.2 Å². The summed E-state index contributed by atoms with van der Waals surface area (Å²) in [6.07, 6.45) is 1.47. The van der Waals surface area contributed by atoms with Crippen molar-refractivity contribution in [1.82, 2.24) is 10.3 Å². The lowest BCUT2D eigenvalue weighted by molar-refractivity contribution is 0.0949. The van der Waals surface area contributed by atoms with Crippen molar-refractivity contribution in [1.29, 1.82) is 0 Å². The Labute approximate surface area is 103 Å². The Hall–Kier alpha value is -2.56. The molecule has 0 spiro atoms. The zero-order valence-corrected chi connectivity index (χ0v) is 9.51. The van der Waals surface area contributed by atoms with Gasteiger partial charge in [0, 0.05) is 12.7 Å². The van der Waals surface area contributed by atoms with Gasteiger partial charge in [-0.05, 0) is 29.8 Å². The largest absolute Gasteiger partial charge is 0.508 e. The van der Waals surface area contributed by atoms with E-state index in [2.05, 4.69) is 10.3 Å². The number of aromatic hydroxyl groups is 1. The van der Waals surface area contributed by atoms with Gasteiger partial charge in [0.25, 0.3) is 11.5 Å². The van der Waals surface area contributed by atoms with Crippen LogP contribution in [0, 0.1) is 0 Å². The fraction of sp³-hybridized carbons (Fsp3) is 0.0769. The predicted octanol–water partition coefficient (Wildman–Crippen LogP) is 1.01. The lowest BCUT2D eigenvalue weighted by Gasteiger charge is -2.04. The molecule has 92 valence electrons. The van der Waals surface area contributed by atoms with E-state index in [-0.39, 0.29) is 11.3 Å². The number of carbonyl (C=O) groups is 1. The number of carbonyl (C=O) groups excluding carboxylic acids is 1. The number of amides is 1. The summed E-state index contributed by atoms with van der Waals surface area (Å²) in [6, 6.07) is 9.53. The summed E-state index contributed by atoms with van der Waals surface area (Å²) in [6.45, 7) is 0.299. The van der Waals surface area contributed by atoms with Gasteiger partial charge in [-0.1, -0.05) is 12.1 Å². The van der Waals surface area contributed by atoms with Crippen LogP contribution in [0.3, 0.4) is 0 Å². The highest BCUT2D eigenvalue weighted by Gasteiger charge is 2.08. The number of rotatable bonds is 3. The van der Waals surface area contributed by atoms with Crippen molar-refractivity contribution in [2.45, 2.75) is 6.54 Å². The van der Waals surface area contributed by atoms with Crippen LogP contribution in [0.2, 0.25) is 0 Å². The summed E-state index contributed by atoms with van der Waals surface area (Å²) in [5.41, 5.74) is 0.505. The van der Waals surface area contributed by atoms with Crippen molar-refractivity contribution in [3.63, 3.8) is 0 Å². The predicted molar refractivity (Wildman–Crippen MR) is 66.3 cm³/mol. The van der Waals surface area contributed by atoms with Gasteiger partial charge in [0.1, 0.15) is 11.3 Å². The van der Waals surface area contributed by atoms with Gasteiger partial charge in [0.05, 0.1) is 0 Å². The highest BCUT2D eigenvalue weighted by Crippen LogP contribution is 2.09. The molecule has 0 bridgehead atoms. The van der Waals surface area contributed by atoms with Gasteiger partial charge in [-0.2, -0.15) is 0 Å². The minimum absolute atomic E-state index is 0.0799. The quantitative estimate of drug-likeness (QED) is 0.753. The maximum absolute atomic E-state index is 11.7. The lowest BCUT2D eigenvalue weighted by atomic mass is 10.2. The summed E-state index contributed by atoms with van der Waals surface area (Å²) >= 11 is 0. The fourth-order valence-electron chi connectivity index (χ4n) is 1.49. The van der Waals surface area contributed by atoms with Crippen LogP contribution in [-0.2, 0) is 6.54 Å². The van der Waals surface area contributed by atoms with Gasteiger partial charge in [0.15, 0.2) is 0 Å². The first-order chi connectivity index (χ1) is 8.66. The van der Waals surface area contributed by atoms with Crippen molar-refractivity contribution in [2.24, 2.45) is 0 Å². The number of aromatic amines is 1. The Morgan fingerprint density at radius 1 is 1.22 bits per heavy atom. The average molecular weight is 244 g/mol. The minimum atomic E-state index is -0.426. The van der Waals surface area contributed by atoms with Crippen LogP contribution in [0.25, 0.3) is 0 Å². The second kappa shape index (κ2) is 5.18. The van der Waals surface area contributed by atoms with E-state index in [1.807, 2.05) is 0 Å². The molecule has 0 fully saturated rings. The molecule has 2 aromatic rings. The van der Waals surface area contributed by atoms with Crippen molar-refractivity contribution in [2.75, 3.05) is 0 Å². The van der Waals surface area contributed by atoms with Crippen LogP contribution < -0.4 is 10.9 Å². The van der Waals surface area contributed by atoms with E-state index in [1.165, 1.54) is 24.4 Å². The zero-order valence-electron chi connectivity index (χ0n) is 9.51. The zero-order chi connectivity index (χ0) is 13.0. The smallest absolute Gasteiger partial charge is 0.260 e. The van der Waals surface area contributed by atoms with E-state index < -0.39 is 11.5 Å². The van der Waals surface area contributed by atoms with Crippen LogP contribution in [0.15, 0.2) is 47.4 Å². The molecular weight excluding hydrogens is 232 g/mol. The van der Waals surface area contributed by atoms with E-state index in [9.17, 15) is 9.59 Å². The maximum Gasteiger partial charge on any atom is 0.260 e. The second-order valence-corrected chi connectivity index (χ2v) is 3.76. The van der Waals surface area contributed by atoms with Crippen molar-refractivity contribution in [3.8, 4) is 5.75 Å². The number of hydrogen-bond donors (Lipinski definition) is 3. The number of hydrogen-bond acceptors (Lipinski definition) is 3. The third-order valence-electron chi connectivity index (χ3n) is 2.45. The maximum atomic E-state index is 11.7. The summed E-state index contributed by atoms with van der Waals surface area (Å²) in [7, 11) is 0. The highest BCUT2D eigenvalue weighted by atomic mass is 16.3. The van der Waals surface area contributed by atoms with Crippen LogP contribution in [0.5, 0.6) is 5.75 Å². The summed E-state index contributed by atoms with van der Waals surface area (Å²) < 4.78 is 0. The normalized spacial score (nSPS) is 10.0. The molecule has 0 radical (unpaired) electrons. The van der Waals surface area contributed by atoms with Crippen molar-refractivity contribution >= 4 is 5.91 Å². The lowest BCUT2D eigenvalue weighted by Crippen LogP contribution is -2.28. The Kier molecular flexibility index (Phi) is 3.43. The summed E-state index contributed by atoms with van der Waals surface area (Å²) in [4.78, 5) is 25.5. The second-order valence-electron chi connectivity index (χ2n) is 3.76. The number of H-pyrrole nitrogens is 1. The molecule has 0 saturated heterocycles. The van der Waals surface area contributed by atoms with E-state index in [0.717, 1.165) is 5.56 Å². The number of aromatic nitrogens is 1. The molecule has 2 rings (SSSR count). The van der Waals surface area contributed by atoms with Gasteiger partial charge in [-0.15, -0.1) is 0 Å². The van der Waals surface area contributed by atoms with E-state index in [4.69, 9.17) is 5.11 Å². The minimum Gasteiger partial charge on any atom is -0.508 e. The van der Waals surface area contributed by atoms with Crippen molar-refractivity contribution < 1.29 is 9.90 Å². The third-order valence-corrected chi connectivity index (χ3v) is 2.45. The average Bonchev–Trinajstić information content (AvgIpc) is 2.38. The molecule has 1 heterocycles. The first kappa shape index (κ1) is 11.9. The molecule has 1 aromatic carbocycles. The molecular formula is C13H12N2O3. The van der Waals surface area contributed by atoms with E-state index in [0.29, 0.717) is 6.54 Å². The molecule has 0 aliphatic rings. The molecule has 18 heavy (non-hydrogen) atoms. The molecule has 5 nitrogen and oxygen atoms in total. The molecule has 0 aliphatic heterocycles. The van der Waals surface area contributed by atoms with Gasteiger partial charge in [-0.25, -0.2) is 0 Å². The summed E-state index contributed by atoms with van der Waals surface area (Å²) in [5.74, 6) is -0.255. The topological polar surface area (TPSA) is 82.2 Å². The standard InChI is InChI=1S/C13H12N2O3/c16-10-5-3-9(4-6-10)8-15-13(18)11-2-1-7-14-12(11)17/h1-7,16H,8H2,(H,14,17)(H,15,18). The number of phenols is 1. The molecule has 3 N–H and O–H groups in total. The third kappa shape index (κ3) is 2.76. The fourth-order valence-corrected chi connectivity index (χ4v) is 1.49. The Balaban J connectivity index is 2.03. The molecule has 1 amide bonds. The molecule has 0 aliphatic carbocycles. The monoisotopic (exact) mass is 244 g/mol. The van der Waals surface area contributed by atoms with Gasteiger partial charge >= 0.3 is 0 Å².